The van der Waals surface area contributed by atoms with Crippen LogP contribution in [0.4, 0.5) is 11.5 Å². The number of aliphatic imine (C=N–C) groups is 1. The van der Waals surface area contributed by atoms with E-state index in [1.807, 2.05) is 0 Å². The lowest BCUT2D eigenvalue weighted by Crippen LogP contribution is -2.30. The number of carbonyl (C=O) groups is 1. The predicted octanol–water partition coefficient (Wildman–Crippen LogP) is 2.47. The van der Waals surface area contributed by atoms with E-state index in [0.29, 0.717) is 29.8 Å². The number of Topliss-reactive ketones (excluding diaryl/α,β-unsaturated/α-hetero) is 1. The summed E-state index contributed by atoms with van der Waals surface area (Å²) in [4.78, 5) is 40.0. The molecule has 2 aliphatic rings. The number of aromatic amines is 1. The second-order valence-corrected chi connectivity index (χ2v) is 6.64. The Morgan fingerprint density at radius 3 is 2.80 bits per heavy atom. The highest BCUT2D eigenvalue weighted by molar-refractivity contribution is 6.32. The molecule has 0 saturated heterocycles. The number of nitrogens with zero attached hydrogens (tertiary/aromatic N) is 3. The third kappa shape index (κ3) is 2.25. The summed E-state index contributed by atoms with van der Waals surface area (Å²) in [7, 11) is 1.67. The molecule has 0 bridgehead atoms. The molecule has 2 heterocycles. The van der Waals surface area contributed by atoms with E-state index in [1.165, 1.54) is 16.8 Å². The Bertz CT molecular complexity index is 1020. The Kier molecular flexibility index (Phi) is 3.40. The van der Waals surface area contributed by atoms with E-state index in [0.717, 1.165) is 5.71 Å². The maximum Gasteiger partial charge on any atom is 0.288 e. The van der Waals surface area contributed by atoms with E-state index in [2.05, 4.69) is 10.1 Å². The van der Waals surface area contributed by atoms with Gasteiger partial charge in [0, 0.05) is 31.2 Å². The number of ketones is 1. The smallest absolute Gasteiger partial charge is 0.288 e. The van der Waals surface area contributed by atoms with Crippen molar-refractivity contribution in [1.82, 2.24) is 9.78 Å². The fraction of sp³-hybridized carbons (Fsp3) is 0.312. The number of benzene rings is 1. The average Bonchev–Trinajstić information content (AvgIpc) is 3.07. The molecule has 1 N–H and O–H groups in total. The molecule has 1 fully saturated rings. The normalized spacial score (nSPS) is 21.7. The fourth-order valence-electron chi connectivity index (χ4n) is 3.74. The van der Waals surface area contributed by atoms with Crippen molar-refractivity contribution >= 4 is 34.6 Å². The van der Waals surface area contributed by atoms with E-state index < -0.39 is 16.8 Å². The van der Waals surface area contributed by atoms with Crippen molar-refractivity contribution < 1.29 is 9.72 Å². The number of nitrogens with one attached hydrogen (secondary N) is 1. The van der Waals surface area contributed by atoms with Gasteiger partial charge in [-0.2, -0.15) is 0 Å². The molecule has 1 aromatic carbocycles. The average molecular weight is 361 g/mol. The van der Waals surface area contributed by atoms with Crippen LogP contribution in [-0.2, 0) is 11.8 Å². The zero-order valence-corrected chi connectivity index (χ0v) is 13.9. The molecule has 0 amide bonds. The number of carbonyl (C=O) groups excluding carboxylic acids is 1. The largest absolute Gasteiger partial charge is 0.299 e. The molecule has 1 aliphatic carbocycles. The van der Waals surface area contributed by atoms with Crippen LogP contribution in [0.1, 0.15) is 29.9 Å². The van der Waals surface area contributed by atoms with Crippen molar-refractivity contribution in [3.63, 3.8) is 0 Å². The predicted molar refractivity (Wildman–Crippen MR) is 90.8 cm³/mol. The molecule has 128 valence electrons. The van der Waals surface area contributed by atoms with Crippen molar-refractivity contribution in [3.8, 4) is 0 Å². The van der Waals surface area contributed by atoms with Crippen molar-refractivity contribution in [2.24, 2.45) is 18.0 Å². The number of aromatic nitrogens is 2. The molecule has 2 atom stereocenters. The molecular weight excluding hydrogens is 348 g/mol. The second-order valence-electron chi connectivity index (χ2n) is 6.23. The third-order valence-electron chi connectivity index (χ3n) is 4.83. The molecule has 25 heavy (non-hydrogen) atoms. The summed E-state index contributed by atoms with van der Waals surface area (Å²) >= 11 is 5.90. The Balaban J connectivity index is 1.98. The number of hydrogen-bond donors (Lipinski definition) is 1. The topological polar surface area (TPSA) is 110 Å². The lowest BCUT2D eigenvalue weighted by molar-refractivity contribution is -0.384. The molecule has 4 rings (SSSR count). The molecule has 8 nitrogen and oxygen atoms in total. The Hall–Kier alpha value is -2.74. The van der Waals surface area contributed by atoms with Gasteiger partial charge >= 0.3 is 0 Å². The van der Waals surface area contributed by atoms with Crippen LogP contribution < -0.4 is 5.56 Å². The van der Waals surface area contributed by atoms with Gasteiger partial charge in [-0.3, -0.25) is 29.5 Å². The van der Waals surface area contributed by atoms with Crippen LogP contribution in [0.3, 0.4) is 0 Å². The summed E-state index contributed by atoms with van der Waals surface area (Å²) in [5.74, 6) is -0.695. The van der Waals surface area contributed by atoms with Crippen LogP contribution in [0.25, 0.3) is 0 Å². The molecule has 0 radical (unpaired) electrons. The van der Waals surface area contributed by atoms with Gasteiger partial charge in [-0.15, -0.1) is 0 Å². The zero-order valence-electron chi connectivity index (χ0n) is 13.2. The minimum Gasteiger partial charge on any atom is -0.299 e. The molecule has 1 aromatic heterocycles. The fourth-order valence-corrected chi connectivity index (χ4v) is 3.93. The number of H-pyrrole nitrogens is 1. The van der Waals surface area contributed by atoms with Gasteiger partial charge in [0.25, 0.3) is 11.2 Å². The number of rotatable bonds is 2. The first kappa shape index (κ1) is 15.8. The quantitative estimate of drug-likeness (QED) is 0.655. The van der Waals surface area contributed by atoms with Gasteiger partial charge < -0.3 is 0 Å². The summed E-state index contributed by atoms with van der Waals surface area (Å²) in [5.41, 5.74) is 1.00. The molecule has 1 saturated carbocycles. The number of halogens is 1. The standard InChI is InChI=1S/C16H13ClN4O4/c1-20-15-14(16(23)19-20)12(13-9(18-15)4-5-11(13)22)7-2-3-8(17)10(6-7)21(24)25/h2-3,6,12-13H,4-5H2,1H3,(H,19,23). The number of nitro groups is 1. The maximum absolute atomic E-state index is 12.4. The van der Waals surface area contributed by atoms with E-state index in [4.69, 9.17) is 11.6 Å². The SMILES string of the molecule is Cn1[nH]c(=O)c2c1N=C1CCC(=O)C1C2c1ccc(Cl)c([N+](=O)[O-])c1. The lowest BCUT2D eigenvalue weighted by atomic mass is 9.77. The molecule has 1 aliphatic heterocycles. The number of aryl methyl sites for hydroxylation is 1. The Morgan fingerprint density at radius 1 is 1.32 bits per heavy atom. The number of hydrogen-bond acceptors (Lipinski definition) is 5. The number of nitro benzene ring substituents is 1. The number of fused-ring (bicyclic) bond motifs is 2. The molecular formula is C16H13ClN4O4. The monoisotopic (exact) mass is 360 g/mol. The minimum absolute atomic E-state index is 0.00439. The lowest BCUT2D eigenvalue weighted by Gasteiger charge is -2.26. The Labute approximate surface area is 146 Å². The zero-order chi connectivity index (χ0) is 17.9. The maximum atomic E-state index is 12.4. The van der Waals surface area contributed by atoms with Crippen molar-refractivity contribution in [2.45, 2.75) is 18.8 Å². The summed E-state index contributed by atoms with van der Waals surface area (Å²) in [5, 5.41) is 13.9. The van der Waals surface area contributed by atoms with E-state index >= 15 is 0 Å². The van der Waals surface area contributed by atoms with Crippen LogP contribution in [0.5, 0.6) is 0 Å². The van der Waals surface area contributed by atoms with Crippen molar-refractivity contribution in [3.05, 3.63) is 54.8 Å². The van der Waals surface area contributed by atoms with E-state index in [9.17, 15) is 19.7 Å². The summed E-state index contributed by atoms with van der Waals surface area (Å²) < 4.78 is 1.51. The van der Waals surface area contributed by atoms with Gasteiger partial charge in [-0.1, -0.05) is 17.7 Å². The van der Waals surface area contributed by atoms with Crippen molar-refractivity contribution in [1.29, 1.82) is 0 Å². The highest BCUT2D eigenvalue weighted by atomic mass is 35.5. The van der Waals surface area contributed by atoms with Crippen LogP contribution in [0.2, 0.25) is 5.02 Å². The summed E-state index contributed by atoms with van der Waals surface area (Å²) in [6, 6.07) is 4.40. The van der Waals surface area contributed by atoms with Crippen LogP contribution >= 0.6 is 11.6 Å². The van der Waals surface area contributed by atoms with Crippen LogP contribution in [-0.4, -0.2) is 26.2 Å². The van der Waals surface area contributed by atoms with Gasteiger partial charge in [0.2, 0.25) is 0 Å². The van der Waals surface area contributed by atoms with Gasteiger partial charge in [0.15, 0.2) is 5.82 Å². The Morgan fingerprint density at radius 2 is 2.08 bits per heavy atom. The van der Waals surface area contributed by atoms with Gasteiger partial charge in [-0.25, -0.2) is 4.99 Å². The van der Waals surface area contributed by atoms with Crippen LogP contribution in [0.15, 0.2) is 28.0 Å². The molecule has 9 heteroatoms. The first-order valence-corrected chi connectivity index (χ1v) is 8.09. The molecule has 2 aromatic rings. The van der Waals surface area contributed by atoms with Gasteiger partial charge in [0.1, 0.15) is 10.8 Å². The van der Waals surface area contributed by atoms with Gasteiger partial charge in [-0.05, 0) is 18.1 Å². The van der Waals surface area contributed by atoms with E-state index in [1.54, 1.807) is 13.1 Å². The molecule has 0 spiro atoms. The van der Waals surface area contributed by atoms with Crippen molar-refractivity contribution in [2.75, 3.05) is 0 Å². The third-order valence-corrected chi connectivity index (χ3v) is 5.15. The second kappa shape index (κ2) is 5.38. The minimum atomic E-state index is -0.599. The first-order chi connectivity index (χ1) is 11.9. The summed E-state index contributed by atoms with van der Waals surface area (Å²) in [6.45, 7) is 0. The van der Waals surface area contributed by atoms with E-state index in [-0.39, 0.29) is 22.1 Å². The summed E-state index contributed by atoms with van der Waals surface area (Å²) in [6.07, 6.45) is 0.899. The molecule has 2 unspecified atom stereocenters. The highest BCUT2D eigenvalue weighted by Crippen LogP contribution is 2.45. The van der Waals surface area contributed by atoms with Crippen LogP contribution in [0, 0.1) is 16.0 Å². The highest BCUT2D eigenvalue weighted by Gasteiger charge is 2.45. The van der Waals surface area contributed by atoms with Gasteiger partial charge in [0.05, 0.1) is 16.4 Å². The first-order valence-electron chi connectivity index (χ1n) is 7.71.